The summed E-state index contributed by atoms with van der Waals surface area (Å²) in [5.41, 5.74) is 8.34. The molecule has 2 aliphatic heterocycles. The average Bonchev–Trinajstić information content (AvgIpc) is 3.11. The molecule has 0 aliphatic carbocycles. The molecule has 158 valence electrons. The maximum atomic E-state index is 13.6. The van der Waals surface area contributed by atoms with Gasteiger partial charge < -0.3 is 10.6 Å². The third kappa shape index (κ3) is 2.17. The van der Waals surface area contributed by atoms with E-state index in [1.165, 1.54) is 4.52 Å². The summed E-state index contributed by atoms with van der Waals surface area (Å²) in [7, 11) is 0. The molecule has 32 heavy (non-hydrogen) atoms. The van der Waals surface area contributed by atoms with E-state index in [1.54, 1.807) is 23.8 Å². The number of hydrogen-bond acceptors (Lipinski definition) is 7. The van der Waals surface area contributed by atoms with Gasteiger partial charge in [0.15, 0.2) is 11.6 Å². The molecule has 0 radical (unpaired) electrons. The Labute approximate surface area is 187 Å². The topological polar surface area (TPSA) is 118 Å². The maximum absolute atomic E-state index is 13.6. The lowest BCUT2D eigenvalue weighted by Gasteiger charge is -2.58. The van der Waals surface area contributed by atoms with Crippen LogP contribution in [0.3, 0.4) is 0 Å². The first kappa shape index (κ1) is 18.8. The smallest absolute Gasteiger partial charge is 0.284 e. The number of nitrogens with zero attached hydrogens (tertiary/aromatic N) is 7. The van der Waals surface area contributed by atoms with E-state index < -0.39 is 0 Å². The number of rotatable bonds is 1. The standard InChI is InChI=1S/C22H17ClN8O/c1-11-12(9-24)18(27-21(25)26-11)29-10-22(2)13-5-3-4-6-15(13)31-19(17(22)29)28-30-8-7-14(23)16(30)20(31)32/h3-8,17H,10H2,1-2H3,(H2,25,26,27). The largest absolute Gasteiger partial charge is 0.368 e. The highest BCUT2D eigenvalue weighted by molar-refractivity contribution is 6.33. The zero-order valence-electron chi connectivity index (χ0n) is 17.2. The van der Waals surface area contributed by atoms with Gasteiger partial charge >= 0.3 is 0 Å². The fourth-order valence-corrected chi connectivity index (χ4v) is 5.37. The van der Waals surface area contributed by atoms with Gasteiger partial charge in [-0.25, -0.2) is 9.50 Å². The summed E-state index contributed by atoms with van der Waals surface area (Å²) in [5.74, 6) is 1.10. The number of hydrogen-bond donors (Lipinski definition) is 1. The minimum Gasteiger partial charge on any atom is -0.368 e. The first-order chi connectivity index (χ1) is 15.3. The SMILES string of the molecule is Cc1nc(N)nc(N2CC3(C)c4ccccc4-n4c(nn5ccc(Cl)c5c4=O)C23)c1C#N. The molecule has 5 heterocycles. The number of halogens is 1. The molecule has 2 aliphatic rings. The lowest BCUT2D eigenvalue weighted by Crippen LogP contribution is -2.64. The summed E-state index contributed by atoms with van der Waals surface area (Å²) in [5, 5.41) is 14.9. The van der Waals surface area contributed by atoms with Gasteiger partial charge in [-0.2, -0.15) is 15.3 Å². The number of fused-ring (bicyclic) bond motifs is 7. The Balaban J connectivity index is 1.67. The van der Waals surface area contributed by atoms with Crippen molar-refractivity contribution in [1.82, 2.24) is 24.1 Å². The molecule has 1 saturated heterocycles. The minimum absolute atomic E-state index is 0.0966. The number of benzene rings is 1. The molecule has 4 aromatic rings. The molecule has 1 fully saturated rings. The molecule has 0 bridgehead atoms. The predicted octanol–water partition coefficient (Wildman–Crippen LogP) is 2.52. The van der Waals surface area contributed by atoms with Crippen LogP contribution in [-0.4, -0.2) is 30.7 Å². The number of aryl methyl sites for hydroxylation is 1. The summed E-state index contributed by atoms with van der Waals surface area (Å²) in [6.07, 6.45) is 1.67. The summed E-state index contributed by atoms with van der Waals surface area (Å²) >= 11 is 6.30. The van der Waals surface area contributed by atoms with E-state index in [-0.39, 0.29) is 23.0 Å². The number of aromatic nitrogens is 5. The molecule has 6 rings (SSSR count). The van der Waals surface area contributed by atoms with E-state index in [1.807, 2.05) is 29.2 Å². The van der Waals surface area contributed by atoms with Crippen molar-refractivity contribution in [2.24, 2.45) is 0 Å². The van der Waals surface area contributed by atoms with Crippen LogP contribution in [0.4, 0.5) is 11.8 Å². The Bertz CT molecular complexity index is 1560. The maximum Gasteiger partial charge on any atom is 0.284 e. The Kier molecular flexibility index (Phi) is 3.58. The van der Waals surface area contributed by atoms with E-state index in [4.69, 9.17) is 22.4 Å². The predicted molar refractivity (Wildman–Crippen MR) is 119 cm³/mol. The Morgan fingerprint density at radius 3 is 2.84 bits per heavy atom. The quantitative estimate of drug-likeness (QED) is 0.479. The van der Waals surface area contributed by atoms with E-state index >= 15 is 0 Å². The van der Waals surface area contributed by atoms with Crippen LogP contribution < -0.4 is 16.2 Å². The van der Waals surface area contributed by atoms with Crippen LogP contribution in [0.2, 0.25) is 5.02 Å². The first-order valence-electron chi connectivity index (χ1n) is 10.1. The highest BCUT2D eigenvalue weighted by Gasteiger charge is 2.58. The van der Waals surface area contributed by atoms with E-state index in [2.05, 4.69) is 23.0 Å². The molecule has 9 nitrogen and oxygen atoms in total. The van der Waals surface area contributed by atoms with Crippen LogP contribution >= 0.6 is 11.6 Å². The first-order valence-corrected chi connectivity index (χ1v) is 10.4. The monoisotopic (exact) mass is 444 g/mol. The van der Waals surface area contributed by atoms with Gasteiger partial charge in [-0.05, 0) is 24.6 Å². The van der Waals surface area contributed by atoms with Crippen LogP contribution in [0, 0.1) is 18.3 Å². The second-order valence-corrected chi connectivity index (χ2v) is 8.81. The second-order valence-electron chi connectivity index (χ2n) is 8.40. The van der Waals surface area contributed by atoms with Crippen LogP contribution in [0.1, 0.15) is 35.6 Å². The van der Waals surface area contributed by atoms with Crippen molar-refractivity contribution >= 4 is 28.9 Å². The van der Waals surface area contributed by atoms with Gasteiger partial charge in [0.25, 0.3) is 5.56 Å². The number of nitrogens with two attached hydrogens (primary N) is 1. The lowest BCUT2D eigenvalue weighted by molar-refractivity contribution is 0.226. The molecular formula is C22H17ClN8O. The summed E-state index contributed by atoms with van der Waals surface area (Å²) in [6.45, 7) is 4.45. The van der Waals surface area contributed by atoms with Crippen molar-refractivity contribution in [2.75, 3.05) is 17.2 Å². The summed E-state index contributed by atoms with van der Waals surface area (Å²) in [6, 6.07) is 11.3. The normalized spacial score (nSPS) is 20.8. The van der Waals surface area contributed by atoms with Crippen molar-refractivity contribution in [3.63, 3.8) is 0 Å². The van der Waals surface area contributed by atoms with Gasteiger partial charge in [0.2, 0.25) is 5.95 Å². The minimum atomic E-state index is -0.346. The fraction of sp³-hybridized carbons (Fsp3) is 0.227. The molecule has 1 aromatic carbocycles. The van der Waals surface area contributed by atoms with Gasteiger partial charge in [0.1, 0.15) is 23.2 Å². The Morgan fingerprint density at radius 2 is 2.06 bits per heavy atom. The molecule has 0 saturated carbocycles. The van der Waals surface area contributed by atoms with E-state index in [0.717, 1.165) is 11.3 Å². The van der Waals surface area contributed by atoms with Crippen molar-refractivity contribution < 1.29 is 0 Å². The molecule has 2 atom stereocenters. The molecule has 3 aromatic heterocycles. The van der Waals surface area contributed by atoms with Gasteiger partial charge in [0.05, 0.1) is 16.4 Å². The molecule has 0 amide bonds. The summed E-state index contributed by atoms with van der Waals surface area (Å²) < 4.78 is 3.14. The Morgan fingerprint density at radius 1 is 1.28 bits per heavy atom. The number of anilines is 2. The van der Waals surface area contributed by atoms with E-state index in [0.29, 0.717) is 40.0 Å². The lowest BCUT2D eigenvalue weighted by atomic mass is 9.65. The number of nitriles is 1. The molecule has 2 unspecified atom stereocenters. The van der Waals surface area contributed by atoms with Crippen LogP contribution in [-0.2, 0) is 5.41 Å². The van der Waals surface area contributed by atoms with Crippen molar-refractivity contribution in [2.45, 2.75) is 25.3 Å². The third-order valence-corrected chi connectivity index (χ3v) is 6.86. The molecular weight excluding hydrogens is 428 g/mol. The number of nitrogen functional groups attached to an aromatic ring is 1. The zero-order valence-corrected chi connectivity index (χ0v) is 18.0. The third-order valence-electron chi connectivity index (χ3n) is 6.55. The van der Waals surface area contributed by atoms with Crippen LogP contribution in [0.5, 0.6) is 0 Å². The molecule has 0 spiro atoms. The molecule has 10 heteroatoms. The van der Waals surface area contributed by atoms with Crippen molar-refractivity contribution in [3.05, 3.63) is 74.6 Å². The van der Waals surface area contributed by atoms with Crippen LogP contribution in [0.15, 0.2) is 41.3 Å². The van der Waals surface area contributed by atoms with Crippen molar-refractivity contribution in [3.8, 4) is 11.8 Å². The average molecular weight is 445 g/mol. The number of para-hydroxylation sites is 1. The second kappa shape index (κ2) is 6.08. The van der Waals surface area contributed by atoms with E-state index in [9.17, 15) is 10.1 Å². The summed E-state index contributed by atoms with van der Waals surface area (Å²) in [4.78, 5) is 24.1. The highest BCUT2D eigenvalue weighted by atomic mass is 35.5. The molecule has 2 N–H and O–H groups in total. The highest BCUT2D eigenvalue weighted by Crippen LogP contribution is 2.55. The Hall–Kier alpha value is -3.90. The van der Waals surface area contributed by atoms with Crippen LogP contribution in [0.25, 0.3) is 11.2 Å². The van der Waals surface area contributed by atoms with Gasteiger partial charge in [-0.15, -0.1) is 0 Å². The van der Waals surface area contributed by atoms with Gasteiger partial charge in [-0.3, -0.25) is 9.36 Å². The van der Waals surface area contributed by atoms with Gasteiger partial charge in [-0.1, -0.05) is 36.7 Å². The zero-order chi connectivity index (χ0) is 22.4. The fourth-order valence-electron chi connectivity index (χ4n) is 5.14. The van der Waals surface area contributed by atoms with Crippen molar-refractivity contribution in [1.29, 1.82) is 5.26 Å². The van der Waals surface area contributed by atoms with Gasteiger partial charge in [0, 0.05) is 18.2 Å².